The summed E-state index contributed by atoms with van der Waals surface area (Å²) < 4.78 is 55.0. The second-order valence-electron chi connectivity index (χ2n) is 8.34. The van der Waals surface area contributed by atoms with Gasteiger partial charge in [-0.3, -0.25) is 9.48 Å². The van der Waals surface area contributed by atoms with Gasteiger partial charge in [0, 0.05) is 25.5 Å². The maximum Gasteiger partial charge on any atom is 0.394 e. The Morgan fingerprint density at radius 2 is 1.90 bits per heavy atom. The lowest BCUT2D eigenvalue weighted by atomic mass is 9.79. The van der Waals surface area contributed by atoms with Crippen LogP contribution < -0.4 is 5.32 Å². The second-order valence-corrected chi connectivity index (χ2v) is 8.34. The zero-order valence-electron chi connectivity index (χ0n) is 16.7. The van der Waals surface area contributed by atoms with Crippen molar-refractivity contribution in [3.63, 3.8) is 0 Å². The number of rotatable bonds is 6. The van der Waals surface area contributed by atoms with Crippen LogP contribution in [0.3, 0.4) is 0 Å². The minimum Gasteiger partial charge on any atom is -0.311 e. The normalized spacial score (nSPS) is 15.3. The van der Waals surface area contributed by atoms with E-state index in [1.165, 1.54) is 10.7 Å². The third-order valence-corrected chi connectivity index (χ3v) is 5.62. The number of halogens is 4. The second kappa shape index (κ2) is 7.80. The van der Waals surface area contributed by atoms with Gasteiger partial charge in [0.1, 0.15) is 11.6 Å². The Bertz CT molecular complexity index is 898. The van der Waals surface area contributed by atoms with E-state index >= 15 is 0 Å². The summed E-state index contributed by atoms with van der Waals surface area (Å²) in [5.74, 6) is -0.482. The molecule has 0 atom stereocenters. The Labute approximate surface area is 167 Å². The standard InChI is InChI=1S/C21H25F4N3O/c1-20(2,21(23,24)25)12-17(29)26-19-18(13-8-6-9-13)16(27-28(19)3)11-14-7-4-5-10-15(14)22/h4-5,7,10,13H,6,8-9,11-12H2,1-3H3,(H,26,29). The molecule has 0 bridgehead atoms. The molecule has 1 aromatic heterocycles. The lowest BCUT2D eigenvalue weighted by Crippen LogP contribution is -2.36. The molecule has 1 amide bonds. The Morgan fingerprint density at radius 1 is 1.24 bits per heavy atom. The summed E-state index contributed by atoms with van der Waals surface area (Å²) in [6.45, 7) is 2.01. The van der Waals surface area contributed by atoms with E-state index in [2.05, 4.69) is 10.4 Å². The minimum atomic E-state index is -4.48. The number of carbonyl (C=O) groups excluding carboxylic acids is 1. The molecular formula is C21H25F4N3O. The number of anilines is 1. The molecule has 0 aliphatic heterocycles. The Kier molecular flexibility index (Phi) is 5.74. The maximum atomic E-state index is 14.1. The largest absolute Gasteiger partial charge is 0.394 e. The predicted octanol–water partition coefficient (Wildman–Crippen LogP) is 5.33. The molecule has 2 aromatic rings. The van der Waals surface area contributed by atoms with E-state index in [0.717, 1.165) is 38.7 Å². The van der Waals surface area contributed by atoms with Gasteiger partial charge in [-0.25, -0.2) is 4.39 Å². The number of hydrogen-bond donors (Lipinski definition) is 1. The van der Waals surface area contributed by atoms with Gasteiger partial charge in [-0.2, -0.15) is 18.3 Å². The Hall–Kier alpha value is -2.38. The zero-order valence-corrected chi connectivity index (χ0v) is 16.7. The van der Waals surface area contributed by atoms with Crippen molar-refractivity contribution < 1.29 is 22.4 Å². The summed E-state index contributed by atoms with van der Waals surface area (Å²) in [5, 5.41) is 7.11. The molecule has 1 aromatic carbocycles. The fourth-order valence-corrected chi connectivity index (χ4v) is 3.50. The van der Waals surface area contributed by atoms with Gasteiger partial charge >= 0.3 is 6.18 Å². The van der Waals surface area contributed by atoms with E-state index in [-0.39, 0.29) is 18.2 Å². The summed E-state index contributed by atoms with van der Waals surface area (Å²) in [4.78, 5) is 12.4. The van der Waals surface area contributed by atoms with Crippen molar-refractivity contribution in [1.82, 2.24) is 9.78 Å². The molecule has 1 aliphatic carbocycles. The number of benzene rings is 1. The molecule has 0 saturated heterocycles. The Morgan fingerprint density at radius 3 is 2.45 bits per heavy atom. The molecule has 0 unspecified atom stereocenters. The summed E-state index contributed by atoms with van der Waals surface area (Å²) in [6.07, 6.45) is -2.05. The van der Waals surface area contributed by atoms with Crippen molar-refractivity contribution in [2.24, 2.45) is 12.5 Å². The van der Waals surface area contributed by atoms with Crippen molar-refractivity contribution in [3.05, 3.63) is 46.9 Å². The Balaban J connectivity index is 1.88. The SMILES string of the molecule is Cn1nc(Cc2ccccc2F)c(C2CCC2)c1NC(=O)CC(C)(C)C(F)(F)F. The first-order valence-electron chi connectivity index (χ1n) is 9.65. The van der Waals surface area contributed by atoms with Crippen LogP contribution >= 0.6 is 0 Å². The van der Waals surface area contributed by atoms with Crippen LogP contribution in [0.4, 0.5) is 23.4 Å². The first-order chi connectivity index (χ1) is 13.5. The van der Waals surface area contributed by atoms with Crippen LogP contribution in [0.5, 0.6) is 0 Å². The molecule has 1 saturated carbocycles. The molecule has 0 radical (unpaired) electrons. The molecule has 8 heteroatoms. The highest BCUT2D eigenvalue weighted by atomic mass is 19.4. The van der Waals surface area contributed by atoms with E-state index in [4.69, 9.17) is 0 Å². The number of aromatic nitrogens is 2. The average Bonchev–Trinajstić information content (AvgIpc) is 2.83. The van der Waals surface area contributed by atoms with E-state index in [9.17, 15) is 22.4 Å². The lowest BCUT2D eigenvalue weighted by molar-refractivity contribution is -0.213. The van der Waals surface area contributed by atoms with Gasteiger partial charge in [-0.1, -0.05) is 38.5 Å². The highest BCUT2D eigenvalue weighted by Crippen LogP contribution is 2.43. The van der Waals surface area contributed by atoms with Gasteiger partial charge in [0.25, 0.3) is 0 Å². The van der Waals surface area contributed by atoms with Gasteiger partial charge in [-0.15, -0.1) is 0 Å². The highest BCUT2D eigenvalue weighted by molar-refractivity contribution is 5.91. The molecule has 3 rings (SSSR count). The fraction of sp³-hybridized carbons (Fsp3) is 0.524. The van der Waals surface area contributed by atoms with Gasteiger partial charge in [0.05, 0.1) is 11.1 Å². The average molecular weight is 411 g/mol. The third-order valence-electron chi connectivity index (χ3n) is 5.62. The molecular weight excluding hydrogens is 386 g/mol. The number of carbonyl (C=O) groups is 1. The number of alkyl halides is 3. The van der Waals surface area contributed by atoms with Gasteiger partial charge in [0.15, 0.2) is 0 Å². The van der Waals surface area contributed by atoms with Crippen LogP contribution in [0, 0.1) is 11.2 Å². The quantitative estimate of drug-likeness (QED) is 0.653. The molecule has 29 heavy (non-hydrogen) atoms. The smallest absolute Gasteiger partial charge is 0.311 e. The summed E-state index contributed by atoms with van der Waals surface area (Å²) in [6, 6.07) is 6.41. The highest BCUT2D eigenvalue weighted by Gasteiger charge is 2.48. The molecule has 1 aliphatic rings. The van der Waals surface area contributed by atoms with Crippen molar-refractivity contribution in [2.45, 2.75) is 58.0 Å². The number of nitrogens with one attached hydrogen (secondary N) is 1. The van der Waals surface area contributed by atoms with Crippen LogP contribution in [0.15, 0.2) is 24.3 Å². The van der Waals surface area contributed by atoms with Gasteiger partial charge in [-0.05, 0) is 30.4 Å². The zero-order chi connectivity index (χ0) is 21.4. The topological polar surface area (TPSA) is 46.9 Å². The minimum absolute atomic E-state index is 0.163. The molecule has 158 valence electrons. The number of amides is 1. The van der Waals surface area contributed by atoms with Crippen molar-refractivity contribution in [3.8, 4) is 0 Å². The molecule has 1 fully saturated rings. The maximum absolute atomic E-state index is 14.1. The summed E-state index contributed by atoms with van der Waals surface area (Å²) in [5.41, 5.74) is -0.197. The molecule has 4 nitrogen and oxygen atoms in total. The monoisotopic (exact) mass is 411 g/mol. The molecule has 1 N–H and O–H groups in total. The molecule has 0 spiro atoms. The van der Waals surface area contributed by atoms with Crippen LogP contribution in [0.1, 0.15) is 62.3 Å². The van der Waals surface area contributed by atoms with E-state index in [1.807, 2.05) is 0 Å². The van der Waals surface area contributed by atoms with Crippen LogP contribution in [0.25, 0.3) is 0 Å². The van der Waals surface area contributed by atoms with Crippen molar-refractivity contribution in [2.75, 3.05) is 5.32 Å². The fourth-order valence-electron chi connectivity index (χ4n) is 3.50. The van der Waals surface area contributed by atoms with E-state index < -0.39 is 23.9 Å². The van der Waals surface area contributed by atoms with Gasteiger partial charge < -0.3 is 5.32 Å². The third kappa shape index (κ3) is 4.46. The summed E-state index contributed by atoms with van der Waals surface area (Å²) >= 11 is 0. The van der Waals surface area contributed by atoms with E-state index in [0.29, 0.717) is 17.1 Å². The van der Waals surface area contributed by atoms with E-state index in [1.54, 1.807) is 25.2 Å². The number of aryl methyl sites for hydroxylation is 1. The molecule has 1 heterocycles. The lowest BCUT2D eigenvalue weighted by Gasteiger charge is -2.28. The number of hydrogen-bond acceptors (Lipinski definition) is 2. The predicted molar refractivity (Wildman–Crippen MR) is 102 cm³/mol. The first kappa shape index (κ1) is 21.3. The first-order valence-corrected chi connectivity index (χ1v) is 9.65. The van der Waals surface area contributed by atoms with Crippen molar-refractivity contribution >= 4 is 11.7 Å². The number of nitrogens with zero attached hydrogens (tertiary/aromatic N) is 2. The van der Waals surface area contributed by atoms with Crippen LogP contribution in [-0.2, 0) is 18.3 Å². The van der Waals surface area contributed by atoms with Gasteiger partial charge in [0.2, 0.25) is 5.91 Å². The summed E-state index contributed by atoms with van der Waals surface area (Å²) in [7, 11) is 1.64. The van der Waals surface area contributed by atoms with Crippen molar-refractivity contribution in [1.29, 1.82) is 0 Å². The van der Waals surface area contributed by atoms with Crippen LogP contribution in [0.2, 0.25) is 0 Å². The van der Waals surface area contributed by atoms with Crippen LogP contribution in [-0.4, -0.2) is 21.9 Å².